The monoisotopic (exact) mass is 424 g/mol. The Morgan fingerprint density at radius 2 is 1.74 bits per heavy atom. The first-order chi connectivity index (χ1) is 15.2. The molecule has 4 aliphatic rings. The largest absolute Gasteiger partial charge is 0.493 e. The lowest BCUT2D eigenvalue weighted by molar-refractivity contribution is -0.142. The molecule has 2 aliphatic carbocycles. The fraction of sp³-hybridized carbons (Fsp3) is 0.600. The van der Waals surface area contributed by atoms with Gasteiger partial charge in [-0.25, -0.2) is 5.01 Å². The van der Waals surface area contributed by atoms with Crippen LogP contribution in [0.1, 0.15) is 56.9 Å². The van der Waals surface area contributed by atoms with Crippen LogP contribution in [0.4, 0.5) is 0 Å². The predicted molar refractivity (Wildman–Crippen MR) is 118 cm³/mol. The number of methoxy groups -OCH3 is 1. The molecule has 31 heavy (non-hydrogen) atoms. The zero-order valence-electron chi connectivity index (χ0n) is 18.3. The highest BCUT2D eigenvalue weighted by Gasteiger charge is 2.42. The second-order valence-corrected chi connectivity index (χ2v) is 9.06. The van der Waals surface area contributed by atoms with Gasteiger partial charge in [0, 0.05) is 24.7 Å². The van der Waals surface area contributed by atoms with Crippen molar-refractivity contribution in [2.45, 2.75) is 63.5 Å². The Kier molecular flexibility index (Phi) is 5.99. The van der Waals surface area contributed by atoms with Gasteiger partial charge in [-0.1, -0.05) is 12.2 Å². The van der Waals surface area contributed by atoms with Crippen LogP contribution in [0.5, 0.6) is 11.5 Å². The van der Waals surface area contributed by atoms with Gasteiger partial charge in [0.2, 0.25) is 5.91 Å². The molecule has 0 N–H and O–H groups in total. The molecule has 0 aromatic heterocycles. The van der Waals surface area contributed by atoms with Crippen molar-refractivity contribution < 1.29 is 19.0 Å². The van der Waals surface area contributed by atoms with Crippen molar-refractivity contribution in [3.63, 3.8) is 0 Å². The minimum atomic E-state index is -0.0401. The lowest BCUT2D eigenvalue weighted by Crippen LogP contribution is -2.50. The Labute approximate surface area is 184 Å². The van der Waals surface area contributed by atoms with Crippen LogP contribution < -0.4 is 9.47 Å². The van der Waals surface area contributed by atoms with E-state index < -0.39 is 0 Å². The number of hydrazone groups is 1. The topological polar surface area (TPSA) is 60.4 Å². The summed E-state index contributed by atoms with van der Waals surface area (Å²) < 4.78 is 17.4. The number of allylic oxidation sites excluding steroid dienone is 2. The maximum absolute atomic E-state index is 13.3. The van der Waals surface area contributed by atoms with Crippen molar-refractivity contribution in [1.29, 1.82) is 0 Å². The van der Waals surface area contributed by atoms with Crippen molar-refractivity contribution in [3.05, 3.63) is 35.9 Å². The quantitative estimate of drug-likeness (QED) is 0.661. The number of rotatable bonds is 5. The van der Waals surface area contributed by atoms with E-state index in [4.69, 9.17) is 19.3 Å². The molecule has 1 amide bonds. The third kappa shape index (κ3) is 4.10. The normalized spacial score (nSPS) is 27.2. The molecule has 0 bridgehead atoms. The lowest BCUT2D eigenvalue weighted by Gasteiger charge is -2.41. The van der Waals surface area contributed by atoms with Crippen molar-refractivity contribution in [3.8, 4) is 11.5 Å². The zero-order valence-corrected chi connectivity index (χ0v) is 18.3. The van der Waals surface area contributed by atoms with Crippen LogP contribution in [0.2, 0.25) is 0 Å². The summed E-state index contributed by atoms with van der Waals surface area (Å²) in [6, 6.07) is 6.23. The van der Waals surface area contributed by atoms with Gasteiger partial charge in [0.15, 0.2) is 11.5 Å². The minimum Gasteiger partial charge on any atom is -0.493 e. The van der Waals surface area contributed by atoms with Gasteiger partial charge < -0.3 is 14.2 Å². The zero-order chi connectivity index (χ0) is 21.2. The van der Waals surface area contributed by atoms with E-state index in [-0.39, 0.29) is 29.9 Å². The van der Waals surface area contributed by atoms with Gasteiger partial charge in [-0.3, -0.25) is 4.79 Å². The molecule has 0 unspecified atom stereocenters. The van der Waals surface area contributed by atoms with E-state index in [0.29, 0.717) is 13.2 Å². The SMILES string of the molecule is COc1ccc(C2=NN(C3CCOCC3)C(=O)[C@@H]3CC=CC[C@H]23)cc1OC1CCCC1. The summed E-state index contributed by atoms with van der Waals surface area (Å²) in [6.45, 7) is 1.38. The number of carbonyl (C=O) groups excluding carboxylic acids is 1. The van der Waals surface area contributed by atoms with Gasteiger partial charge in [-0.15, -0.1) is 0 Å². The summed E-state index contributed by atoms with van der Waals surface area (Å²) in [6.07, 6.45) is 12.5. The first-order valence-corrected chi connectivity index (χ1v) is 11.7. The Morgan fingerprint density at radius 3 is 2.48 bits per heavy atom. The Bertz CT molecular complexity index is 868. The summed E-state index contributed by atoms with van der Waals surface area (Å²) in [4.78, 5) is 13.3. The number of nitrogens with zero attached hydrogens (tertiary/aromatic N) is 2. The average molecular weight is 425 g/mol. The predicted octanol–water partition coefficient (Wildman–Crippen LogP) is 4.32. The molecule has 1 aromatic carbocycles. The third-order valence-corrected chi connectivity index (χ3v) is 7.13. The van der Waals surface area contributed by atoms with Crippen LogP contribution in [0.3, 0.4) is 0 Å². The fourth-order valence-electron chi connectivity index (χ4n) is 5.38. The molecular formula is C25H32N2O4. The number of amides is 1. The molecule has 2 atom stereocenters. The van der Waals surface area contributed by atoms with Crippen molar-refractivity contribution in [2.24, 2.45) is 16.9 Å². The third-order valence-electron chi connectivity index (χ3n) is 7.13. The number of ether oxygens (including phenoxy) is 3. The van der Waals surface area contributed by atoms with Gasteiger partial charge in [0.05, 0.1) is 30.9 Å². The molecule has 1 saturated heterocycles. The highest BCUT2D eigenvalue weighted by Crippen LogP contribution is 2.39. The standard InChI is InChI=1S/C25H32N2O4/c1-29-22-11-10-17(16-23(22)31-19-6-2-3-7-19)24-20-8-4-5-9-21(20)25(28)27(26-24)18-12-14-30-15-13-18/h4-5,10-11,16,18-21H,2-3,6-9,12-15H2,1H3/t20-,21+/m0/s1. The smallest absolute Gasteiger partial charge is 0.247 e. The molecule has 5 rings (SSSR count). The summed E-state index contributed by atoms with van der Waals surface area (Å²) in [5.41, 5.74) is 2.03. The van der Waals surface area contributed by atoms with Crippen LogP contribution in [0.15, 0.2) is 35.5 Å². The molecular weight excluding hydrogens is 392 g/mol. The van der Waals surface area contributed by atoms with Crippen molar-refractivity contribution >= 4 is 11.6 Å². The number of fused-ring (bicyclic) bond motifs is 1. The lowest BCUT2D eigenvalue weighted by atomic mass is 9.76. The number of benzene rings is 1. The molecule has 2 fully saturated rings. The van der Waals surface area contributed by atoms with Gasteiger partial charge in [0.1, 0.15) is 0 Å². The Hall–Kier alpha value is -2.34. The first-order valence-electron chi connectivity index (χ1n) is 11.7. The van der Waals surface area contributed by atoms with E-state index in [1.54, 1.807) is 12.1 Å². The van der Waals surface area contributed by atoms with Gasteiger partial charge in [-0.05, 0) is 69.6 Å². The van der Waals surface area contributed by atoms with E-state index in [0.717, 1.165) is 61.3 Å². The minimum absolute atomic E-state index is 0.0401. The molecule has 1 saturated carbocycles. The molecule has 2 aliphatic heterocycles. The summed E-state index contributed by atoms with van der Waals surface area (Å²) >= 11 is 0. The molecule has 0 radical (unpaired) electrons. The molecule has 0 spiro atoms. The Morgan fingerprint density at radius 1 is 1.00 bits per heavy atom. The molecule has 6 nitrogen and oxygen atoms in total. The van der Waals surface area contributed by atoms with Crippen LogP contribution in [0, 0.1) is 11.8 Å². The summed E-state index contributed by atoms with van der Waals surface area (Å²) in [7, 11) is 1.68. The fourth-order valence-corrected chi connectivity index (χ4v) is 5.38. The van der Waals surface area contributed by atoms with Crippen molar-refractivity contribution in [1.82, 2.24) is 5.01 Å². The number of hydrogen-bond donors (Lipinski definition) is 0. The second kappa shape index (κ2) is 9.03. The van der Waals surface area contributed by atoms with Crippen LogP contribution in [0.25, 0.3) is 0 Å². The number of carbonyl (C=O) groups is 1. The van der Waals surface area contributed by atoms with Gasteiger partial charge >= 0.3 is 0 Å². The van der Waals surface area contributed by atoms with E-state index in [2.05, 4.69) is 24.3 Å². The van der Waals surface area contributed by atoms with Crippen molar-refractivity contribution in [2.75, 3.05) is 20.3 Å². The van der Waals surface area contributed by atoms with E-state index in [9.17, 15) is 4.79 Å². The van der Waals surface area contributed by atoms with E-state index in [1.807, 2.05) is 6.07 Å². The second-order valence-electron chi connectivity index (χ2n) is 9.06. The van der Waals surface area contributed by atoms with Crippen LogP contribution >= 0.6 is 0 Å². The highest BCUT2D eigenvalue weighted by atomic mass is 16.5. The summed E-state index contributed by atoms with van der Waals surface area (Å²) in [5.74, 6) is 1.78. The molecule has 2 heterocycles. The maximum Gasteiger partial charge on any atom is 0.247 e. The van der Waals surface area contributed by atoms with E-state index >= 15 is 0 Å². The molecule has 166 valence electrons. The summed E-state index contributed by atoms with van der Waals surface area (Å²) in [5, 5.41) is 6.76. The number of hydrogen-bond acceptors (Lipinski definition) is 5. The highest BCUT2D eigenvalue weighted by molar-refractivity contribution is 6.07. The first kappa shape index (κ1) is 20.6. The maximum atomic E-state index is 13.3. The van der Waals surface area contributed by atoms with E-state index in [1.165, 1.54) is 12.8 Å². The van der Waals surface area contributed by atoms with Gasteiger partial charge in [-0.2, -0.15) is 5.10 Å². The molecule has 1 aromatic rings. The van der Waals surface area contributed by atoms with Crippen LogP contribution in [-0.4, -0.2) is 49.1 Å². The molecule has 6 heteroatoms. The Balaban J connectivity index is 1.51. The van der Waals surface area contributed by atoms with Gasteiger partial charge in [0.25, 0.3) is 0 Å². The average Bonchev–Trinajstić information content (AvgIpc) is 3.33. The van der Waals surface area contributed by atoms with Crippen LogP contribution in [-0.2, 0) is 9.53 Å².